The van der Waals surface area contributed by atoms with Gasteiger partial charge in [-0.3, -0.25) is 4.72 Å². The second-order valence-corrected chi connectivity index (χ2v) is 12.4. The fourth-order valence-electron chi connectivity index (χ4n) is 5.33. The van der Waals surface area contributed by atoms with Crippen LogP contribution in [0.25, 0.3) is 22.0 Å². The van der Waals surface area contributed by atoms with E-state index in [4.69, 9.17) is 9.72 Å². The molecule has 6 rings (SSSR count). The molecule has 0 saturated carbocycles. The number of pyridine rings is 1. The van der Waals surface area contributed by atoms with Crippen LogP contribution in [0.3, 0.4) is 0 Å². The molecule has 5 aromatic rings. The summed E-state index contributed by atoms with van der Waals surface area (Å²) in [5.41, 5.74) is 3.38. The molecule has 1 saturated heterocycles. The van der Waals surface area contributed by atoms with Crippen molar-refractivity contribution >= 4 is 32.4 Å². The molecule has 0 radical (unpaired) electrons. The summed E-state index contributed by atoms with van der Waals surface area (Å²) in [6.45, 7) is 3.81. The molecule has 222 valence electrons. The number of nitrogens with one attached hydrogen (secondary N) is 3. The molecule has 3 aromatic carbocycles. The van der Waals surface area contributed by atoms with Crippen LogP contribution in [-0.2, 0) is 15.8 Å². The predicted molar refractivity (Wildman–Crippen MR) is 171 cm³/mol. The quantitative estimate of drug-likeness (QED) is 0.191. The monoisotopic (exact) mass is 605 g/mol. The minimum absolute atomic E-state index is 0.259. The van der Waals surface area contributed by atoms with Crippen LogP contribution in [0.2, 0.25) is 0 Å². The molecule has 0 bridgehead atoms. The second kappa shape index (κ2) is 12.7. The van der Waals surface area contributed by atoms with Crippen molar-refractivity contribution in [2.45, 2.75) is 31.6 Å². The molecule has 0 aliphatic carbocycles. The average molecular weight is 606 g/mol. The third kappa shape index (κ3) is 6.46. The Labute approximate surface area is 256 Å². The molecule has 1 aliphatic rings. The number of hydrogen-bond donors (Lipinski definition) is 3. The maximum Gasteiger partial charge on any atom is 0.236 e. The predicted octanol–water partition coefficient (Wildman–Crippen LogP) is 5.77. The van der Waals surface area contributed by atoms with Gasteiger partial charge in [0.2, 0.25) is 21.9 Å². The molecule has 1 unspecified atom stereocenters. The van der Waals surface area contributed by atoms with Gasteiger partial charge in [0.1, 0.15) is 5.75 Å². The van der Waals surface area contributed by atoms with Crippen LogP contribution in [0.5, 0.6) is 11.6 Å². The van der Waals surface area contributed by atoms with Gasteiger partial charge >= 0.3 is 0 Å². The third-order valence-corrected chi connectivity index (χ3v) is 8.71. The van der Waals surface area contributed by atoms with E-state index < -0.39 is 10.0 Å². The topological polar surface area (TPSA) is 142 Å². The lowest BCUT2D eigenvalue weighted by atomic mass is 10.0. The highest BCUT2D eigenvalue weighted by Crippen LogP contribution is 2.39. The SMILES string of the molecule is Cc1ccc2c(NS(=O)(=O)Cc3ccccc3C#N)cccc2c1Oc1ncccc1-c1ccnc(NC2CCCNC2)n1. The van der Waals surface area contributed by atoms with Gasteiger partial charge < -0.3 is 15.4 Å². The molecule has 10 nitrogen and oxygen atoms in total. The van der Waals surface area contributed by atoms with Crippen LogP contribution >= 0.6 is 0 Å². The van der Waals surface area contributed by atoms with Crippen molar-refractivity contribution in [3.63, 3.8) is 0 Å². The fourth-order valence-corrected chi connectivity index (χ4v) is 6.57. The van der Waals surface area contributed by atoms with E-state index in [2.05, 4.69) is 31.4 Å². The highest BCUT2D eigenvalue weighted by atomic mass is 32.2. The Morgan fingerprint density at radius 2 is 1.89 bits per heavy atom. The van der Waals surface area contributed by atoms with Gasteiger partial charge in [-0.1, -0.05) is 42.5 Å². The number of piperidine rings is 1. The summed E-state index contributed by atoms with van der Waals surface area (Å²) in [5.74, 6) is 1.14. The van der Waals surface area contributed by atoms with Gasteiger partial charge in [0.15, 0.2) is 0 Å². The first kappa shape index (κ1) is 29.0. The Morgan fingerprint density at radius 1 is 1.00 bits per heavy atom. The molecule has 3 N–H and O–H groups in total. The maximum absolute atomic E-state index is 13.2. The highest BCUT2D eigenvalue weighted by Gasteiger charge is 2.19. The molecule has 44 heavy (non-hydrogen) atoms. The van der Waals surface area contributed by atoms with Crippen molar-refractivity contribution in [3.05, 3.63) is 102 Å². The number of rotatable bonds is 9. The highest BCUT2D eigenvalue weighted by molar-refractivity contribution is 7.91. The van der Waals surface area contributed by atoms with E-state index in [1.807, 2.05) is 43.3 Å². The largest absolute Gasteiger partial charge is 0.437 e. The Hall–Kier alpha value is -5.05. The molecule has 1 fully saturated rings. The summed E-state index contributed by atoms with van der Waals surface area (Å²) in [6, 6.07) is 23.6. The van der Waals surface area contributed by atoms with Gasteiger partial charge in [-0.25, -0.2) is 23.4 Å². The molecule has 1 aliphatic heterocycles. The van der Waals surface area contributed by atoms with Crippen molar-refractivity contribution in [1.29, 1.82) is 5.26 Å². The zero-order chi connectivity index (χ0) is 30.5. The number of benzene rings is 3. The summed E-state index contributed by atoms with van der Waals surface area (Å²) >= 11 is 0. The van der Waals surface area contributed by atoms with E-state index in [0.717, 1.165) is 31.5 Å². The minimum atomic E-state index is -3.83. The van der Waals surface area contributed by atoms with Crippen molar-refractivity contribution in [3.8, 4) is 29.0 Å². The first-order valence-electron chi connectivity index (χ1n) is 14.3. The first-order chi connectivity index (χ1) is 21.4. The fraction of sp³-hybridized carbons (Fsp3) is 0.212. The Balaban J connectivity index is 1.30. The lowest BCUT2D eigenvalue weighted by molar-refractivity contribution is 0.466. The molecule has 11 heteroatoms. The van der Waals surface area contributed by atoms with E-state index >= 15 is 0 Å². The second-order valence-electron chi connectivity index (χ2n) is 10.7. The van der Waals surface area contributed by atoms with Crippen LogP contribution in [-0.4, -0.2) is 42.5 Å². The van der Waals surface area contributed by atoms with Crippen LogP contribution in [0, 0.1) is 18.3 Å². The number of nitriles is 1. The van der Waals surface area contributed by atoms with E-state index in [0.29, 0.717) is 56.4 Å². The summed E-state index contributed by atoms with van der Waals surface area (Å²) in [4.78, 5) is 13.7. The minimum Gasteiger partial charge on any atom is -0.437 e. The van der Waals surface area contributed by atoms with Crippen LogP contribution in [0.4, 0.5) is 11.6 Å². The van der Waals surface area contributed by atoms with Gasteiger partial charge in [-0.2, -0.15) is 5.26 Å². The summed E-state index contributed by atoms with van der Waals surface area (Å²) < 4.78 is 35.6. The Morgan fingerprint density at radius 3 is 2.73 bits per heavy atom. The Kier molecular flexibility index (Phi) is 8.36. The van der Waals surface area contributed by atoms with Crippen molar-refractivity contribution < 1.29 is 13.2 Å². The molecular weight excluding hydrogens is 574 g/mol. The number of aryl methyl sites for hydroxylation is 1. The molecule has 3 heterocycles. The first-order valence-corrected chi connectivity index (χ1v) is 16.0. The maximum atomic E-state index is 13.2. The number of anilines is 2. The summed E-state index contributed by atoms with van der Waals surface area (Å²) in [5, 5.41) is 17.6. The third-order valence-electron chi connectivity index (χ3n) is 7.49. The van der Waals surface area contributed by atoms with Crippen LogP contribution in [0.15, 0.2) is 85.2 Å². The normalized spacial score (nSPS) is 15.0. The lowest BCUT2D eigenvalue weighted by Gasteiger charge is -2.23. The van der Waals surface area contributed by atoms with Crippen molar-refractivity contribution in [2.24, 2.45) is 0 Å². The van der Waals surface area contributed by atoms with Gasteiger partial charge in [-0.05, 0) is 67.8 Å². The number of fused-ring (bicyclic) bond motifs is 1. The van der Waals surface area contributed by atoms with E-state index in [1.54, 1.807) is 48.8 Å². The number of hydrogen-bond acceptors (Lipinski definition) is 9. The van der Waals surface area contributed by atoms with E-state index in [9.17, 15) is 13.7 Å². The standard InChI is InChI=1S/C33H31N7O3S/c1-22-13-14-26-27(10-4-12-30(26)40-44(41,42)21-24-8-3-2-7-23(24)19-34)31(22)43-32-28(11-6-17-36-32)29-15-18-37-33(39-29)38-25-9-5-16-35-20-25/h2-4,6-8,10-15,17-18,25,35,40H,5,9,16,20-21H2,1H3,(H,37,38,39). The zero-order valence-corrected chi connectivity index (χ0v) is 24.9. The molecule has 0 amide bonds. The van der Waals surface area contributed by atoms with E-state index in [1.165, 1.54) is 0 Å². The van der Waals surface area contributed by atoms with Gasteiger partial charge in [-0.15, -0.1) is 0 Å². The average Bonchev–Trinajstić information content (AvgIpc) is 3.03. The number of ether oxygens (including phenoxy) is 1. The summed E-state index contributed by atoms with van der Waals surface area (Å²) in [6.07, 6.45) is 5.52. The zero-order valence-electron chi connectivity index (χ0n) is 24.1. The van der Waals surface area contributed by atoms with Crippen molar-refractivity contribution in [1.82, 2.24) is 20.3 Å². The smallest absolute Gasteiger partial charge is 0.236 e. The van der Waals surface area contributed by atoms with E-state index in [-0.39, 0.29) is 11.8 Å². The number of aromatic nitrogens is 3. The lowest BCUT2D eigenvalue weighted by Crippen LogP contribution is -2.38. The molecule has 0 spiro atoms. The van der Waals surface area contributed by atoms with Gasteiger partial charge in [0.25, 0.3) is 0 Å². The van der Waals surface area contributed by atoms with Crippen LogP contribution < -0.4 is 20.1 Å². The van der Waals surface area contributed by atoms with Gasteiger partial charge in [0.05, 0.1) is 34.3 Å². The number of sulfonamides is 1. The van der Waals surface area contributed by atoms with Crippen LogP contribution in [0.1, 0.15) is 29.5 Å². The van der Waals surface area contributed by atoms with Crippen molar-refractivity contribution in [2.75, 3.05) is 23.1 Å². The Bertz CT molecular complexity index is 1970. The molecule has 2 aromatic heterocycles. The molecular formula is C33H31N7O3S. The van der Waals surface area contributed by atoms with Gasteiger partial charge in [0, 0.05) is 35.8 Å². The summed E-state index contributed by atoms with van der Waals surface area (Å²) in [7, 11) is -3.83. The number of nitrogens with zero attached hydrogens (tertiary/aromatic N) is 4. The molecule has 1 atom stereocenters.